The zero-order valence-electron chi connectivity index (χ0n) is 88.3. The third kappa shape index (κ3) is 39.4. The molecule has 17 aromatic rings. The quantitative estimate of drug-likeness (QED) is 0.0482. The molecule has 0 aliphatic heterocycles. The van der Waals surface area contributed by atoms with E-state index in [1.165, 1.54) is 80.0 Å². The van der Waals surface area contributed by atoms with E-state index in [1.807, 2.05) is 271 Å². The third-order valence-electron chi connectivity index (χ3n) is 21.0. The van der Waals surface area contributed by atoms with Crippen molar-refractivity contribution in [3.05, 3.63) is 458 Å². The molecule has 6 aromatic heterocycles. The number of carbonyl (C=O) groups excluding carboxylic acids is 2. The first kappa shape index (κ1) is 106. The maximum atomic E-state index is 11.5. The van der Waals surface area contributed by atoms with Crippen LogP contribution in [0.15, 0.2) is 382 Å². The maximum Gasteiger partial charge on any atom is 0.164 e. The van der Waals surface area contributed by atoms with E-state index in [0.717, 1.165) is 96.0 Å². The molecule has 6 heterocycles. The van der Waals surface area contributed by atoms with E-state index in [4.69, 9.17) is 13.2 Å². The molecule has 0 bridgehead atoms. The van der Waals surface area contributed by atoms with E-state index in [0.29, 0.717) is 36.3 Å². The van der Waals surface area contributed by atoms with Gasteiger partial charge in [0.1, 0.15) is 5.76 Å². The standard InChI is InChI=1S/C27H26N.2C18H14N.C17H12N.2C12H10N.2C11H20O2.4Ir/c1-18(2)12-23-17-27(24-14-19(3)13-20(4)15-24)28-26-11-10-22(16-25(23)26)21-8-6-5-7-9-21;1-14-10-11-18(19-13-14)17-9-5-8-16(12-17)15-6-3-2-4-7-15;1-14-7-9-15(10-8-14)17-11-12-19-18(13-17)16-5-3-2-4-6-16;1-3-7-14(8-4-1)16-11-12-17(18-13-16)15-9-5-2-6-10-15;2*1-10-7-8-12(13-9-10)11-5-3-2-4-6-11;1-10(2,3)8(12)7-9(13)11(4,5)6;1-8(2)5-10(12)7-11(13)6-9(3)4;;;;/h5-11,13-14,16-18H,12H2,1-4H3;2-8,10-13H,1H3;2-5,7-13H,1H3;1-9,11-13H;2*2-5,7-9H,1H3;7,12H,1-6H3;7-9,12H,5-6H2,1-4H3;;;;/q6*-1;;;;;;/i;1D3;;;1D3;;;;;;;. The molecule has 2 N–H and O–H groups in total. The van der Waals surface area contributed by atoms with Crippen LogP contribution < -0.4 is 0 Å². The van der Waals surface area contributed by atoms with Gasteiger partial charge in [-0.3, -0.25) is 14.6 Å². The fourth-order valence-electron chi connectivity index (χ4n) is 13.8. The average Bonchev–Trinajstić information content (AvgIpc) is 0.781. The summed E-state index contributed by atoms with van der Waals surface area (Å²) in [4.78, 5) is 49.3. The van der Waals surface area contributed by atoms with Gasteiger partial charge < -0.3 is 35.1 Å². The minimum Gasteiger partial charge on any atom is -0.512 e. The van der Waals surface area contributed by atoms with Crippen LogP contribution in [0.1, 0.15) is 143 Å². The Hall–Kier alpha value is -12.4. The minimum atomic E-state index is -2.12. The van der Waals surface area contributed by atoms with E-state index in [9.17, 15) is 19.8 Å². The van der Waals surface area contributed by atoms with Crippen molar-refractivity contribution in [2.24, 2.45) is 28.6 Å². The number of rotatable bonds is 18. The SMILES string of the molecule is CC(C)(C)C(=O)C=C(O)C(C)(C)C.CC(C)CC(=O)C=C(O)CC(C)C.Cc1[c-]c(-c2cc(CC(C)C)c3cc(-c4ccccc4)ccc3n2)cc(C)c1.Cc1ccc(-c2[c-]cccc2)nc1.Cc1ccc(-c2ccnc(-c3[c-]cccc3)c2)cc1.[2H]C([2H])([2H])c1ccc(-c2[c-]ccc(-c3ccccc3)c2)nc1.[2H]C([2H])([2H])c1ccc(-c2[c-]cccc2)nc1.[Ir].[Ir].[Ir].[Ir].[c-]1ccccc1-c1ccc(-c2ccccc2)cn1. The smallest absolute Gasteiger partial charge is 0.164 e. The van der Waals surface area contributed by atoms with Gasteiger partial charge in [0.25, 0.3) is 0 Å². The monoisotopic (exact) mass is 2560 g/mol. The Labute approximate surface area is 895 Å². The molecule has 0 unspecified atom stereocenters. The second-order valence-corrected chi connectivity index (χ2v) is 36.4. The van der Waals surface area contributed by atoms with Gasteiger partial charge in [-0.2, -0.15) is 0 Å². The molecule has 11 aromatic carbocycles. The first-order valence-corrected chi connectivity index (χ1v) is 45.9. The predicted molar refractivity (Wildman–Crippen MR) is 567 cm³/mol. The Balaban J connectivity index is 0.000000258. The first-order chi connectivity index (χ1) is 67.7. The minimum absolute atomic E-state index is 0. The Morgan fingerprint density at radius 2 is 0.757 bits per heavy atom. The summed E-state index contributed by atoms with van der Waals surface area (Å²) in [5.41, 5.74) is 27.6. The number of carbonyl (C=O) groups is 2. The Kier molecular flexibility index (Phi) is 45.1. The number of aliphatic hydroxyl groups excluding tert-OH is 2. The van der Waals surface area contributed by atoms with Gasteiger partial charge in [0.2, 0.25) is 0 Å². The number of pyridine rings is 6. The molecule has 0 spiro atoms. The van der Waals surface area contributed by atoms with Crippen LogP contribution in [0.2, 0.25) is 0 Å². The van der Waals surface area contributed by atoms with Crippen LogP contribution in [0.4, 0.5) is 0 Å². The molecule has 4 radical (unpaired) electrons. The van der Waals surface area contributed by atoms with Gasteiger partial charge in [0.15, 0.2) is 11.6 Å². The summed E-state index contributed by atoms with van der Waals surface area (Å²) in [5.74, 6) is 1.67. The number of ketones is 2. The molecular weight excluding hydrogens is 2430 g/mol. The predicted octanol–water partition coefficient (Wildman–Crippen LogP) is 32.3. The van der Waals surface area contributed by atoms with Gasteiger partial charge in [-0.25, -0.2) is 0 Å². The molecule has 0 aliphatic rings. The fourth-order valence-corrected chi connectivity index (χ4v) is 13.8. The summed E-state index contributed by atoms with van der Waals surface area (Å²) >= 11 is 0. The van der Waals surface area contributed by atoms with Crippen LogP contribution in [-0.4, -0.2) is 51.7 Å². The van der Waals surface area contributed by atoms with Crippen molar-refractivity contribution in [3.8, 4) is 112 Å². The molecular formula is C126H126Ir4N6O4-6. The second-order valence-electron chi connectivity index (χ2n) is 36.4. The Morgan fingerprint density at radius 3 is 1.19 bits per heavy atom. The molecule has 10 nitrogen and oxygen atoms in total. The van der Waals surface area contributed by atoms with Crippen molar-refractivity contribution in [2.45, 2.75) is 144 Å². The average molecular weight is 2560 g/mol. The fraction of sp³-hybridized carbons (Fsp3) is 0.206. The number of aliphatic hydroxyl groups is 2. The van der Waals surface area contributed by atoms with Gasteiger partial charge in [0, 0.05) is 161 Å². The molecule has 17 rings (SSSR count). The van der Waals surface area contributed by atoms with Gasteiger partial charge in [0.05, 0.1) is 11.3 Å². The molecule has 0 saturated carbocycles. The largest absolute Gasteiger partial charge is 0.512 e. The van der Waals surface area contributed by atoms with Gasteiger partial charge in [-0.1, -0.05) is 284 Å². The summed E-state index contributed by atoms with van der Waals surface area (Å²) in [6, 6.07) is 128. The Bertz CT molecular complexity index is 6780. The Morgan fingerprint density at radius 1 is 0.343 bits per heavy atom. The molecule has 14 heteroatoms. The normalized spacial score (nSPS) is 11.6. The van der Waals surface area contributed by atoms with Crippen LogP contribution in [0.25, 0.3) is 123 Å². The number of benzene rings is 11. The number of hydrogen-bond acceptors (Lipinski definition) is 10. The summed E-state index contributed by atoms with van der Waals surface area (Å²) in [5, 5.41) is 20.2. The maximum absolute atomic E-state index is 11.5. The van der Waals surface area contributed by atoms with Crippen LogP contribution in [0.5, 0.6) is 0 Å². The second kappa shape index (κ2) is 59.2. The summed E-state index contributed by atoms with van der Waals surface area (Å²) in [6.45, 7) is 27.8. The summed E-state index contributed by atoms with van der Waals surface area (Å²) in [7, 11) is 0. The number of fused-ring (bicyclic) bond motifs is 1. The van der Waals surface area contributed by atoms with E-state index < -0.39 is 19.1 Å². The number of nitrogens with zero attached hydrogens (tertiary/aromatic N) is 6. The number of hydrogen-bond donors (Lipinski definition) is 2. The zero-order valence-corrected chi connectivity index (χ0v) is 91.9. The van der Waals surface area contributed by atoms with Crippen molar-refractivity contribution in [1.82, 2.24) is 29.9 Å². The molecule has 0 fully saturated rings. The molecule has 726 valence electrons. The van der Waals surface area contributed by atoms with Gasteiger partial charge in [-0.05, 0) is 165 Å². The first-order valence-electron chi connectivity index (χ1n) is 48.9. The summed E-state index contributed by atoms with van der Waals surface area (Å²) in [6.07, 6.45) is 13.3. The van der Waals surface area contributed by atoms with Crippen LogP contribution in [0.3, 0.4) is 0 Å². The van der Waals surface area contributed by atoms with E-state index in [1.54, 1.807) is 30.3 Å². The van der Waals surface area contributed by atoms with Crippen molar-refractivity contribution in [2.75, 3.05) is 0 Å². The van der Waals surface area contributed by atoms with Crippen LogP contribution in [-0.2, 0) is 96.4 Å². The van der Waals surface area contributed by atoms with Gasteiger partial charge in [-0.15, -0.1) is 214 Å². The van der Waals surface area contributed by atoms with Crippen molar-refractivity contribution < 1.29 is 108 Å². The van der Waals surface area contributed by atoms with Crippen molar-refractivity contribution in [1.29, 1.82) is 0 Å². The molecule has 0 atom stereocenters. The molecule has 0 aliphatic carbocycles. The van der Waals surface area contributed by atoms with E-state index >= 15 is 0 Å². The van der Waals surface area contributed by atoms with Crippen LogP contribution in [0, 0.1) is 106 Å². The van der Waals surface area contributed by atoms with Crippen molar-refractivity contribution >= 4 is 22.5 Å². The number of allylic oxidation sites excluding steroid dienone is 4. The summed E-state index contributed by atoms with van der Waals surface area (Å²) < 4.78 is 43.8. The van der Waals surface area contributed by atoms with Crippen molar-refractivity contribution in [3.63, 3.8) is 0 Å². The molecule has 0 saturated heterocycles. The molecule has 140 heavy (non-hydrogen) atoms. The molecule has 0 amide bonds. The third-order valence-corrected chi connectivity index (χ3v) is 21.0. The van der Waals surface area contributed by atoms with E-state index in [2.05, 4.69) is 217 Å². The van der Waals surface area contributed by atoms with Crippen LogP contribution >= 0.6 is 0 Å². The topological polar surface area (TPSA) is 152 Å². The zero-order chi connectivity index (χ0) is 103. The number of aromatic nitrogens is 6. The van der Waals surface area contributed by atoms with E-state index in [-0.39, 0.29) is 120 Å². The van der Waals surface area contributed by atoms with Gasteiger partial charge >= 0.3 is 0 Å². The number of aryl methyl sites for hydroxylation is 6.